The molecule has 1 unspecified atom stereocenters. The van der Waals surface area contributed by atoms with E-state index in [0.717, 1.165) is 51.4 Å². The number of methoxy groups -OCH3 is 1. The van der Waals surface area contributed by atoms with E-state index in [2.05, 4.69) is 28.2 Å². The highest BCUT2D eigenvalue weighted by atomic mass is 16.5. The second-order valence-electron chi connectivity index (χ2n) is 5.45. The minimum Gasteiger partial charge on any atom is -0.383 e. The Morgan fingerprint density at radius 3 is 3.20 bits per heavy atom. The van der Waals surface area contributed by atoms with Crippen molar-refractivity contribution in [3.8, 4) is 0 Å². The van der Waals surface area contributed by atoms with Gasteiger partial charge in [-0.2, -0.15) is 5.10 Å². The van der Waals surface area contributed by atoms with E-state index in [1.807, 2.05) is 0 Å². The molecule has 20 heavy (non-hydrogen) atoms. The van der Waals surface area contributed by atoms with Gasteiger partial charge in [0.05, 0.1) is 18.4 Å². The van der Waals surface area contributed by atoms with Crippen LogP contribution in [0.1, 0.15) is 36.9 Å². The van der Waals surface area contributed by atoms with E-state index in [4.69, 9.17) is 9.47 Å². The molecule has 1 fully saturated rings. The molecule has 0 radical (unpaired) electrons. The minimum absolute atomic E-state index is 0.488. The number of nitrogens with one attached hydrogen (secondary N) is 1. The van der Waals surface area contributed by atoms with E-state index >= 15 is 0 Å². The molecule has 1 aromatic rings. The molecule has 0 bridgehead atoms. The Hall–Kier alpha value is -0.910. The maximum absolute atomic E-state index is 5.64. The highest BCUT2D eigenvalue weighted by Crippen LogP contribution is 2.17. The summed E-state index contributed by atoms with van der Waals surface area (Å²) in [6.45, 7) is 6.49. The van der Waals surface area contributed by atoms with Crippen LogP contribution in [0.25, 0.3) is 0 Å². The van der Waals surface area contributed by atoms with Gasteiger partial charge in [-0.15, -0.1) is 0 Å². The number of hydrogen-bond acceptors (Lipinski definition) is 4. The fourth-order valence-corrected chi connectivity index (χ4v) is 2.60. The second kappa shape index (κ2) is 8.39. The second-order valence-corrected chi connectivity index (χ2v) is 5.45. The van der Waals surface area contributed by atoms with E-state index in [1.54, 1.807) is 7.11 Å². The number of hydrogen-bond donors (Lipinski definition) is 1. The first-order valence-corrected chi connectivity index (χ1v) is 7.64. The molecule has 0 saturated carbocycles. The van der Waals surface area contributed by atoms with Crippen molar-refractivity contribution in [1.82, 2.24) is 15.1 Å². The summed E-state index contributed by atoms with van der Waals surface area (Å²) in [5.41, 5.74) is 2.39. The summed E-state index contributed by atoms with van der Waals surface area (Å²) in [5.74, 6) is 0. The zero-order valence-electron chi connectivity index (χ0n) is 12.7. The molecule has 2 heterocycles. The third-order valence-electron chi connectivity index (χ3n) is 3.78. The van der Waals surface area contributed by atoms with E-state index < -0.39 is 0 Å². The molecule has 0 amide bonds. The molecule has 1 aliphatic heterocycles. The van der Waals surface area contributed by atoms with Crippen LogP contribution in [0.4, 0.5) is 0 Å². The lowest BCUT2D eigenvalue weighted by Crippen LogP contribution is -2.18. The highest BCUT2D eigenvalue weighted by Gasteiger charge is 2.14. The fourth-order valence-electron chi connectivity index (χ4n) is 2.60. The molecule has 1 saturated heterocycles. The molecule has 5 heteroatoms. The predicted molar refractivity (Wildman–Crippen MR) is 78.8 cm³/mol. The van der Waals surface area contributed by atoms with Gasteiger partial charge in [-0.1, -0.05) is 0 Å². The van der Waals surface area contributed by atoms with E-state index in [9.17, 15) is 0 Å². The SMILES string of the molecule is COCCNCc1cn(CCCC2CCCO2)nc1C. The molecule has 1 N–H and O–H groups in total. The zero-order chi connectivity index (χ0) is 14.2. The summed E-state index contributed by atoms with van der Waals surface area (Å²) in [6, 6.07) is 0. The van der Waals surface area contributed by atoms with Gasteiger partial charge in [-0.3, -0.25) is 4.68 Å². The first-order valence-electron chi connectivity index (χ1n) is 7.64. The number of aryl methyl sites for hydroxylation is 2. The Kier molecular flexibility index (Phi) is 6.50. The van der Waals surface area contributed by atoms with Crippen LogP contribution in [0.3, 0.4) is 0 Å². The van der Waals surface area contributed by atoms with Crippen LogP contribution >= 0.6 is 0 Å². The maximum atomic E-state index is 5.64. The largest absolute Gasteiger partial charge is 0.383 e. The van der Waals surface area contributed by atoms with Gasteiger partial charge in [0, 0.05) is 45.1 Å². The Balaban J connectivity index is 1.69. The van der Waals surface area contributed by atoms with Crippen LogP contribution in [0.5, 0.6) is 0 Å². The van der Waals surface area contributed by atoms with E-state index in [0.29, 0.717) is 6.10 Å². The minimum atomic E-state index is 0.488. The highest BCUT2D eigenvalue weighted by molar-refractivity contribution is 5.14. The molecular weight excluding hydrogens is 254 g/mol. The smallest absolute Gasteiger partial charge is 0.0638 e. The average molecular weight is 281 g/mol. The fraction of sp³-hybridized carbons (Fsp3) is 0.800. The predicted octanol–water partition coefficient (Wildman–Crippen LogP) is 1.89. The summed E-state index contributed by atoms with van der Waals surface area (Å²) >= 11 is 0. The van der Waals surface area contributed by atoms with Gasteiger partial charge in [0.1, 0.15) is 0 Å². The number of rotatable bonds is 9. The van der Waals surface area contributed by atoms with Crippen LogP contribution in [-0.2, 0) is 22.6 Å². The van der Waals surface area contributed by atoms with Crippen LogP contribution in [-0.4, -0.2) is 42.8 Å². The van der Waals surface area contributed by atoms with Crippen LogP contribution in [0.15, 0.2) is 6.20 Å². The lowest BCUT2D eigenvalue weighted by molar-refractivity contribution is 0.101. The van der Waals surface area contributed by atoms with Gasteiger partial charge >= 0.3 is 0 Å². The first-order chi connectivity index (χ1) is 9.79. The average Bonchev–Trinajstić information content (AvgIpc) is 3.06. The lowest BCUT2D eigenvalue weighted by atomic mass is 10.1. The van der Waals surface area contributed by atoms with Crippen molar-refractivity contribution in [3.05, 3.63) is 17.5 Å². The molecule has 0 aliphatic carbocycles. The molecule has 0 aromatic carbocycles. The van der Waals surface area contributed by atoms with Crippen molar-refractivity contribution in [2.75, 3.05) is 26.9 Å². The zero-order valence-corrected chi connectivity index (χ0v) is 12.7. The summed E-state index contributed by atoms with van der Waals surface area (Å²) in [6.07, 6.45) is 7.39. The number of ether oxygens (including phenoxy) is 2. The first kappa shape index (κ1) is 15.5. The molecule has 1 aliphatic rings. The topological polar surface area (TPSA) is 48.3 Å². The molecule has 1 aromatic heterocycles. The van der Waals surface area contributed by atoms with Gasteiger partial charge in [-0.25, -0.2) is 0 Å². The van der Waals surface area contributed by atoms with Gasteiger partial charge in [0.2, 0.25) is 0 Å². The normalized spacial score (nSPS) is 18.8. The molecule has 1 atom stereocenters. The standard InChI is InChI=1S/C15H27N3O2/c1-13-14(11-16-7-10-19-2)12-18(17-13)8-3-5-15-6-4-9-20-15/h12,15-16H,3-11H2,1-2H3. The molecule has 0 spiro atoms. The molecule has 5 nitrogen and oxygen atoms in total. The van der Waals surface area contributed by atoms with Crippen LogP contribution in [0, 0.1) is 6.92 Å². The number of aromatic nitrogens is 2. The third-order valence-corrected chi connectivity index (χ3v) is 3.78. The maximum Gasteiger partial charge on any atom is 0.0638 e. The molecule has 2 rings (SSSR count). The van der Waals surface area contributed by atoms with Crippen LogP contribution < -0.4 is 5.32 Å². The van der Waals surface area contributed by atoms with E-state index in [1.165, 1.54) is 18.4 Å². The van der Waals surface area contributed by atoms with Gasteiger partial charge in [-0.05, 0) is 32.6 Å². The Morgan fingerprint density at radius 2 is 2.45 bits per heavy atom. The van der Waals surface area contributed by atoms with Crippen molar-refractivity contribution in [1.29, 1.82) is 0 Å². The monoisotopic (exact) mass is 281 g/mol. The quantitative estimate of drug-likeness (QED) is 0.702. The van der Waals surface area contributed by atoms with Gasteiger partial charge in [0.15, 0.2) is 0 Å². The van der Waals surface area contributed by atoms with Crippen molar-refractivity contribution in [2.45, 2.75) is 51.8 Å². The van der Waals surface area contributed by atoms with Gasteiger partial charge in [0.25, 0.3) is 0 Å². The van der Waals surface area contributed by atoms with Crippen molar-refractivity contribution < 1.29 is 9.47 Å². The van der Waals surface area contributed by atoms with Crippen molar-refractivity contribution in [3.63, 3.8) is 0 Å². The summed E-state index contributed by atoms with van der Waals surface area (Å²) in [5, 5.41) is 7.94. The Labute approximate surface area is 121 Å². The Bertz CT molecular complexity index is 386. The summed E-state index contributed by atoms with van der Waals surface area (Å²) < 4.78 is 12.7. The van der Waals surface area contributed by atoms with Crippen molar-refractivity contribution >= 4 is 0 Å². The Morgan fingerprint density at radius 1 is 1.55 bits per heavy atom. The van der Waals surface area contributed by atoms with Gasteiger partial charge < -0.3 is 14.8 Å². The molecule has 114 valence electrons. The summed E-state index contributed by atoms with van der Waals surface area (Å²) in [4.78, 5) is 0. The molecular formula is C15H27N3O2. The lowest BCUT2D eigenvalue weighted by Gasteiger charge is -2.08. The number of nitrogens with zero attached hydrogens (tertiary/aromatic N) is 2. The third kappa shape index (κ3) is 4.89. The summed E-state index contributed by atoms with van der Waals surface area (Å²) in [7, 11) is 1.72. The van der Waals surface area contributed by atoms with E-state index in [-0.39, 0.29) is 0 Å². The van der Waals surface area contributed by atoms with Crippen molar-refractivity contribution in [2.24, 2.45) is 0 Å². The van der Waals surface area contributed by atoms with Crippen LogP contribution in [0.2, 0.25) is 0 Å².